The topological polar surface area (TPSA) is 23.6 Å². The Kier molecular flexibility index (Phi) is 5.03. The normalized spacial score (nSPS) is 15.6. The van der Waals surface area contributed by atoms with Gasteiger partial charge in [0.15, 0.2) is 5.78 Å². The second-order valence-corrected chi connectivity index (χ2v) is 5.94. The molecular formula is C19H21FN2O. The van der Waals surface area contributed by atoms with E-state index in [0.29, 0.717) is 13.0 Å². The lowest BCUT2D eigenvalue weighted by Crippen LogP contribution is -2.48. The van der Waals surface area contributed by atoms with Crippen LogP contribution in [0.2, 0.25) is 0 Å². The van der Waals surface area contributed by atoms with E-state index in [2.05, 4.69) is 9.80 Å². The zero-order valence-corrected chi connectivity index (χ0v) is 13.1. The van der Waals surface area contributed by atoms with Gasteiger partial charge in [0.1, 0.15) is 5.82 Å². The van der Waals surface area contributed by atoms with Gasteiger partial charge < -0.3 is 4.90 Å². The number of carbonyl (C=O) groups excluding carboxylic acids is 1. The SMILES string of the molecule is O=C(Cc1ccccc1)CN1CCN(c2ccc(F)cc2)CC1. The average molecular weight is 312 g/mol. The van der Waals surface area contributed by atoms with E-state index < -0.39 is 0 Å². The monoisotopic (exact) mass is 312 g/mol. The van der Waals surface area contributed by atoms with Crippen LogP contribution in [0.3, 0.4) is 0 Å². The third kappa shape index (κ3) is 4.39. The number of ketones is 1. The molecule has 3 rings (SSSR count). The van der Waals surface area contributed by atoms with Crippen molar-refractivity contribution < 1.29 is 9.18 Å². The molecule has 0 aliphatic carbocycles. The van der Waals surface area contributed by atoms with Crippen molar-refractivity contribution in [2.75, 3.05) is 37.6 Å². The van der Waals surface area contributed by atoms with Crippen LogP contribution in [0.5, 0.6) is 0 Å². The first-order valence-corrected chi connectivity index (χ1v) is 7.99. The number of carbonyl (C=O) groups is 1. The molecule has 2 aromatic carbocycles. The largest absolute Gasteiger partial charge is 0.369 e. The van der Waals surface area contributed by atoms with Crippen LogP contribution in [0.1, 0.15) is 5.56 Å². The minimum Gasteiger partial charge on any atom is -0.369 e. The summed E-state index contributed by atoms with van der Waals surface area (Å²) in [5.74, 6) is 0.0466. The van der Waals surface area contributed by atoms with Crippen LogP contribution < -0.4 is 4.90 Å². The maximum absolute atomic E-state index is 13.0. The van der Waals surface area contributed by atoms with Crippen molar-refractivity contribution in [3.8, 4) is 0 Å². The summed E-state index contributed by atoms with van der Waals surface area (Å²) in [6.07, 6.45) is 0.499. The number of nitrogens with zero attached hydrogens (tertiary/aromatic N) is 2. The molecule has 0 spiro atoms. The lowest BCUT2D eigenvalue weighted by Gasteiger charge is -2.35. The van der Waals surface area contributed by atoms with Gasteiger partial charge in [0.25, 0.3) is 0 Å². The Labute approximate surface area is 136 Å². The predicted octanol–water partition coefficient (Wildman–Crippen LogP) is 2.76. The van der Waals surface area contributed by atoms with Gasteiger partial charge in [-0.3, -0.25) is 9.69 Å². The van der Waals surface area contributed by atoms with Gasteiger partial charge in [0, 0.05) is 38.3 Å². The number of rotatable bonds is 5. The summed E-state index contributed by atoms with van der Waals surface area (Å²) in [6.45, 7) is 3.95. The summed E-state index contributed by atoms with van der Waals surface area (Å²) >= 11 is 0. The molecule has 1 aliphatic heterocycles. The lowest BCUT2D eigenvalue weighted by molar-refractivity contribution is -0.119. The maximum atomic E-state index is 13.0. The summed E-state index contributed by atoms with van der Waals surface area (Å²) < 4.78 is 13.0. The predicted molar refractivity (Wildman–Crippen MR) is 90.2 cm³/mol. The molecule has 0 radical (unpaired) electrons. The van der Waals surface area contributed by atoms with E-state index in [4.69, 9.17) is 0 Å². The van der Waals surface area contributed by atoms with Gasteiger partial charge in [0.05, 0.1) is 6.54 Å². The molecule has 2 aromatic rings. The number of hydrogen-bond donors (Lipinski definition) is 0. The highest BCUT2D eigenvalue weighted by Crippen LogP contribution is 2.16. The van der Waals surface area contributed by atoms with E-state index in [1.165, 1.54) is 12.1 Å². The molecule has 0 N–H and O–H groups in total. The number of Topliss-reactive ketones (excluding diaryl/α,β-unsaturated/α-hetero) is 1. The van der Waals surface area contributed by atoms with Gasteiger partial charge in [-0.25, -0.2) is 4.39 Å². The zero-order valence-electron chi connectivity index (χ0n) is 13.1. The minimum absolute atomic E-state index is 0.209. The van der Waals surface area contributed by atoms with Gasteiger partial charge in [-0.15, -0.1) is 0 Å². The molecule has 4 heteroatoms. The Hall–Kier alpha value is -2.20. The first-order valence-electron chi connectivity index (χ1n) is 7.99. The highest BCUT2D eigenvalue weighted by atomic mass is 19.1. The molecule has 3 nitrogen and oxygen atoms in total. The lowest BCUT2D eigenvalue weighted by atomic mass is 10.1. The highest BCUT2D eigenvalue weighted by Gasteiger charge is 2.19. The van der Waals surface area contributed by atoms with Crippen LogP contribution in [0.4, 0.5) is 10.1 Å². The number of piperazine rings is 1. The van der Waals surface area contributed by atoms with Crippen molar-refractivity contribution in [3.63, 3.8) is 0 Å². The first kappa shape index (κ1) is 15.7. The molecule has 0 aromatic heterocycles. The molecule has 0 bridgehead atoms. The van der Waals surface area contributed by atoms with Crippen LogP contribution in [-0.4, -0.2) is 43.4 Å². The van der Waals surface area contributed by atoms with E-state index in [-0.39, 0.29) is 11.6 Å². The molecule has 1 heterocycles. The van der Waals surface area contributed by atoms with Gasteiger partial charge in [-0.05, 0) is 29.8 Å². The van der Waals surface area contributed by atoms with Crippen molar-refractivity contribution in [2.24, 2.45) is 0 Å². The summed E-state index contributed by atoms with van der Waals surface area (Å²) in [5.41, 5.74) is 2.11. The zero-order chi connectivity index (χ0) is 16.1. The quantitative estimate of drug-likeness (QED) is 0.848. The van der Waals surface area contributed by atoms with Crippen LogP contribution in [-0.2, 0) is 11.2 Å². The first-order chi connectivity index (χ1) is 11.2. The molecule has 120 valence electrons. The van der Waals surface area contributed by atoms with E-state index in [0.717, 1.165) is 37.4 Å². The fourth-order valence-electron chi connectivity index (χ4n) is 2.94. The summed E-state index contributed by atoms with van der Waals surface area (Å²) in [5, 5.41) is 0. The van der Waals surface area contributed by atoms with Crippen LogP contribution in [0.15, 0.2) is 54.6 Å². The van der Waals surface area contributed by atoms with Crippen molar-refractivity contribution in [1.29, 1.82) is 0 Å². The minimum atomic E-state index is -0.209. The van der Waals surface area contributed by atoms with Crippen molar-refractivity contribution >= 4 is 11.5 Å². The van der Waals surface area contributed by atoms with E-state index in [1.807, 2.05) is 42.5 Å². The molecule has 1 saturated heterocycles. The number of halogens is 1. The fraction of sp³-hybridized carbons (Fsp3) is 0.316. The van der Waals surface area contributed by atoms with Crippen molar-refractivity contribution in [2.45, 2.75) is 6.42 Å². The summed E-state index contributed by atoms with van der Waals surface area (Å²) in [7, 11) is 0. The summed E-state index contributed by atoms with van der Waals surface area (Å²) in [6, 6.07) is 16.5. The molecule has 0 amide bonds. The van der Waals surface area contributed by atoms with Crippen LogP contribution in [0, 0.1) is 5.82 Å². The van der Waals surface area contributed by atoms with E-state index >= 15 is 0 Å². The molecular weight excluding hydrogens is 291 g/mol. The van der Waals surface area contributed by atoms with Crippen LogP contribution >= 0.6 is 0 Å². The number of benzene rings is 2. The second-order valence-electron chi connectivity index (χ2n) is 5.94. The molecule has 1 fully saturated rings. The Morgan fingerprint density at radius 2 is 1.57 bits per heavy atom. The van der Waals surface area contributed by atoms with E-state index in [9.17, 15) is 9.18 Å². The molecule has 0 unspecified atom stereocenters. The number of hydrogen-bond acceptors (Lipinski definition) is 3. The number of anilines is 1. The van der Waals surface area contributed by atoms with Gasteiger partial charge in [0.2, 0.25) is 0 Å². The van der Waals surface area contributed by atoms with Gasteiger partial charge in [-0.2, -0.15) is 0 Å². The Morgan fingerprint density at radius 1 is 0.913 bits per heavy atom. The molecule has 0 saturated carbocycles. The molecule has 0 atom stereocenters. The fourth-order valence-corrected chi connectivity index (χ4v) is 2.94. The third-order valence-electron chi connectivity index (χ3n) is 4.21. The Balaban J connectivity index is 1.47. The molecule has 1 aliphatic rings. The van der Waals surface area contributed by atoms with E-state index in [1.54, 1.807) is 0 Å². The van der Waals surface area contributed by atoms with Crippen molar-refractivity contribution in [3.05, 3.63) is 66.0 Å². The highest BCUT2D eigenvalue weighted by molar-refractivity contribution is 5.82. The van der Waals surface area contributed by atoms with Gasteiger partial charge in [-0.1, -0.05) is 30.3 Å². The summed E-state index contributed by atoms with van der Waals surface area (Å²) in [4.78, 5) is 16.6. The standard InChI is InChI=1S/C19H21FN2O/c20-17-6-8-18(9-7-17)22-12-10-21(11-13-22)15-19(23)14-16-4-2-1-3-5-16/h1-9H,10-15H2. The molecule has 23 heavy (non-hydrogen) atoms. The third-order valence-corrected chi connectivity index (χ3v) is 4.21. The van der Waals surface area contributed by atoms with Gasteiger partial charge >= 0.3 is 0 Å². The van der Waals surface area contributed by atoms with Crippen molar-refractivity contribution in [1.82, 2.24) is 4.90 Å². The smallest absolute Gasteiger partial charge is 0.151 e. The second kappa shape index (κ2) is 7.38. The van der Waals surface area contributed by atoms with Crippen LogP contribution in [0.25, 0.3) is 0 Å². The Bertz CT molecular complexity index is 634. The average Bonchev–Trinajstić information content (AvgIpc) is 2.57. The Morgan fingerprint density at radius 3 is 2.22 bits per heavy atom. The maximum Gasteiger partial charge on any atom is 0.151 e.